The first kappa shape index (κ1) is 12.7. The SMILES string of the molecule is CC1=[C]([Al])Cc2ccc3nc4n(c3c21)-c1c(C)cccc1C4. The summed E-state index contributed by atoms with van der Waals surface area (Å²) in [5.74, 6) is 1.18. The molecule has 0 amide bonds. The Hall–Kier alpha value is -1.82. The van der Waals surface area contributed by atoms with Crippen LogP contribution in [-0.4, -0.2) is 25.8 Å². The van der Waals surface area contributed by atoms with E-state index < -0.39 is 0 Å². The predicted octanol–water partition coefficient (Wildman–Crippen LogP) is 3.69. The fraction of sp³-hybridized carbons (Fsp3) is 0.211. The standard InChI is InChI=1S/C19H15N2.Al/c1-11-6-7-13-8-9-15-19(17(11)13)21-16(20-15)10-14-5-3-4-12(2)18(14)21;/h3-5,8-9H,7,10H2,1-2H3;. The Morgan fingerprint density at radius 1 is 1.05 bits per heavy atom. The average molecular weight is 298 g/mol. The minimum Gasteiger partial charge on any atom is -0.295 e. The number of allylic oxidation sites excluding steroid dienone is 2. The number of aryl methyl sites for hydroxylation is 1. The minimum absolute atomic E-state index is 0.941. The Kier molecular flexibility index (Phi) is 2.38. The van der Waals surface area contributed by atoms with Gasteiger partial charge in [0.1, 0.15) is 5.82 Å². The van der Waals surface area contributed by atoms with Crippen LogP contribution < -0.4 is 0 Å². The number of hydrogen-bond donors (Lipinski definition) is 0. The highest BCUT2D eigenvalue weighted by Crippen LogP contribution is 2.41. The molecule has 2 aromatic carbocycles. The topological polar surface area (TPSA) is 17.8 Å². The second kappa shape index (κ2) is 4.13. The summed E-state index contributed by atoms with van der Waals surface area (Å²) in [6.07, 6.45) is 1.99. The highest BCUT2D eigenvalue weighted by Gasteiger charge is 2.28. The average Bonchev–Trinajstić information content (AvgIpc) is 3.10. The van der Waals surface area contributed by atoms with Gasteiger partial charge in [-0.25, -0.2) is 4.98 Å². The zero-order chi connectivity index (χ0) is 15.0. The van der Waals surface area contributed by atoms with Gasteiger partial charge in [-0.1, -0.05) is 29.8 Å². The first-order chi connectivity index (χ1) is 10.6. The number of benzene rings is 2. The maximum atomic E-state index is 4.92. The van der Waals surface area contributed by atoms with Gasteiger partial charge in [-0.2, -0.15) is 4.44 Å². The third kappa shape index (κ3) is 1.43. The molecule has 0 atom stereocenters. The second-order valence-electron chi connectivity index (χ2n) is 6.42. The molecule has 0 spiro atoms. The summed E-state index contributed by atoms with van der Waals surface area (Å²) in [5.41, 5.74) is 10.7. The van der Waals surface area contributed by atoms with Crippen molar-refractivity contribution >= 4 is 32.9 Å². The van der Waals surface area contributed by atoms with Crippen LogP contribution in [0, 0.1) is 6.92 Å². The largest absolute Gasteiger partial charge is 0.295 e. The van der Waals surface area contributed by atoms with E-state index in [4.69, 9.17) is 4.98 Å². The molecule has 0 fully saturated rings. The monoisotopic (exact) mass is 298 g/mol. The lowest BCUT2D eigenvalue weighted by Gasteiger charge is -2.11. The number of para-hydroxylation sites is 1. The molecule has 2 aliphatic rings. The molecule has 0 saturated heterocycles. The fourth-order valence-corrected chi connectivity index (χ4v) is 4.40. The molecule has 0 unspecified atom stereocenters. The molecule has 1 aliphatic heterocycles. The Bertz CT molecular complexity index is 1010. The number of fused-ring (bicyclic) bond motifs is 7. The molecular formula is C19H15AlN2. The minimum atomic E-state index is 0.941. The normalized spacial score (nSPS) is 15.4. The molecule has 0 N–H and O–H groups in total. The first-order valence-corrected chi connectivity index (χ1v) is 8.30. The van der Waals surface area contributed by atoms with Gasteiger partial charge in [0, 0.05) is 12.0 Å². The Morgan fingerprint density at radius 2 is 1.91 bits per heavy atom. The number of imidazole rings is 1. The molecule has 1 aliphatic carbocycles. The molecule has 5 rings (SSSR count). The number of hydrogen-bond acceptors (Lipinski definition) is 1. The van der Waals surface area contributed by atoms with E-state index in [9.17, 15) is 0 Å². The molecule has 0 saturated carbocycles. The first-order valence-electron chi connectivity index (χ1n) is 7.73. The molecule has 104 valence electrons. The Balaban J connectivity index is 1.96. The smallest absolute Gasteiger partial charge is 0.169 e. The maximum Gasteiger partial charge on any atom is 0.169 e. The van der Waals surface area contributed by atoms with Gasteiger partial charge in [-0.15, -0.1) is 0 Å². The van der Waals surface area contributed by atoms with E-state index in [1.807, 2.05) is 0 Å². The quantitative estimate of drug-likeness (QED) is 0.453. The van der Waals surface area contributed by atoms with Crippen molar-refractivity contribution in [3.05, 3.63) is 62.8 Å². The lowest BCUT2D eigenvalue weighted by atomic mass is 10.0. The van der Waals surface area contributed by atoms with E-state index in [0.29, 0.717) is 0 Å². The van der Waals surface area contributed by atoms with E-state index >= 15 is 0 Å². The molecule has 1 aromatic heterocycles. The van der Waals surface area contributed by atoms with Crippen molar-refractivity contribution in [3.8, 4) is 5.69 Å². The van der Waals surface area contributed by atoms with E-state index in [-0.39, 0.29) is 0 Å². The molecule has 3 heteroatoms. The van der Waals surface area contributed by atoms with Crippen molar-refractivity contribution < 1.29 is 0 Å². The highest BCUT2D eigenvalue weighted by molar-refractivity contribution is 6.27. The highest BCUT2D eigenvalue weighted by atomic mass is 27.0. The van der Waals surface area contributed by atoms with Gasteiger partial charge < -0.3 is 0 Å². The van der Waals surface area contributed by atoms with Gasteiger partial charge >= 0.3 is 0 Å². The van der Waals surface area contributed by atoms with Crippen molar-refractivity contribution in [3.63, 3.8) is 0 Å². The maximum absolute atomic E-state index is 4.92. The lowest BCUT2D eigenvalue weighted by molar-refractivity contribution is 1.01. The van der Waals surface area contributed by atoms with Crippen LogP contribution in [0.15, 0.2) is 34.8 Å². The Morgan fingerprint density at radius 3 is 2.77 bits per heavy atom. The third-order valence-electron chi connectivity index (χ3n) is 5.11. The van der Waals surface area contributed by atoms with Crippen LogP contribution in [0.25, 0.3) is 22.3 Å². The van der Waals surface area contributed by atoms with Gasteiger partial charge in [0.05, 0.1) is 16.7 Å². The molecule has 22 heavy (non-hydrogen) atoms. The van der Waals surface area contributed by atoms with E-state index in [2.05, 4.69) is 65.0 Å². The van der Waals surface area contributed by atoms with Crippen molar-refractivity contribution in [1.29, 1.82) is 0 Å². The van der Waals surface area contributed by atoms with Crippen LogP contribution in [0.2, 0.25) is 0 Å². The van der Waals surface area contributed by atoms with Crippen LogP contribution in [0.3, 0.4) is 0 Å². The molecular weight excluding hydrogens is 283 g/mol. The van der Waals surface area contributed by atoms with Gasteiger partial charge in [0.15, 0.2) is 16.3 Å². The number of rotatable bonds is 0. The summed E-state index contributed by atoms with van der Waals surface area (Å²) in [5, 5.41) is 0. The molecule has 3 aromatic rings. The van der Waals surface area contributed by atoms with Gasteiger partial charge in [0.25, 0.3) is 0 Å². The van der Waals surface area contributed by atoms with Gasteiger partial charge in [0.2, 0.25) is 0 Å². The van der Waals surface area contributed by atoms with E-state index in [1.54, 1.807) is 0 Å². The summed E-state index contributed by atoms with van der Waals surface area (Å²) in [6, 6.07) is 11.0. The predicted molar refractivity (Wildman–Crippen MR) is 90.7 cm³/mol. The zero-order valence-corrected chi connectivity index (χ0v) is 13.9. The summed E-state index contributed by atoms with van der Waals surface area (Å²) in [6.45, 7) is 4.44. The molecule has 2 nitrogen and oxygen atoms in total. The van der Waals surface area contributed by atoms with E-state index in [0.717, 1.165) is 18.4 Å². The summed E-state index contributed by atoms with van der Waals surface area (Å²) >= 11 is 2.91. The number of nitrogens with zero attached hydrogens (tertiary/aromatic N) is 2. The Labute approximate surface area is 137 Å². The second-order valence-corrected chi connectivity index (χ2v) is 7.11. The molecule has 0 bridgehead atoms. The van der Waals surface area contributed by atoms with Crippen LogP contribution in [0.5, 0.6) is 0 Å². The lowest BCUT2D eigenvalue weighted by Crippen LogP contribution is -1.98. The van der Waals surface area contributed by atoms with E-state index in [1.165, 1.54) is 49.3 Å². The fourth-order valence-electron chi connectivity index (χ4n) is 4.03. The van der Waals surface area contributed by atoms with Crippen molar-refractivity contribution in [2.75, 3.05) is 0 Å². The summed E-state index contributed by atoms with van der Waals surface area (Å²) in [4.78, 5) is 4.92. The van der Waals surface area contributed by atoms with Crippen LogP contribution in [-0.2, 0) is 12.8 Å². The summed E-state index contributed by atoms with van der Waals surface area (Å²) in [7, 11) is 0. The van der Waals surface area contributed by atoms with Gasteiger partial charge in [-0.3, -0.25) is 4.57 Å². The van der Waals surface area contributed by atoms with Crippen LogP contribution in [0.1, 0.15) is 35.0 Å². The van der Waals surface area contributed by atoms with Crippen molar-refractivity contribution in [2.45, 2.75) is 26.7 Å². The van der Waals surface area contributed by atoms with Crippen LogP contribution >= 0.6 is 0 Å². The van der Waals surface area contributed by atoms with Crippen molar-refractivity contribution in [1.82, 2.24) is 9.55 Å². The zero-order valence-electron chi connectivity index (χ0n) is 12.8. The summed E-state index contributed by atoms with van der Waals surface area (Å²) < 4.78 is 3.81. The molecule has 2 heterocycles. The van der Waals surface area contributed by atoms with Crippen molar-refractivity contribution in [2.24, 2.45) is 0 Å². The third-order valence-corrected chi connectivity index (χ3v) is 5.74. The number of aromatic nitrogens is 2. The van der Waals surface area contributed by atoms with Gasteiger partial charge in [-0.05, 0) is 43.0 Å². The molecule has 2 radical (unpaired) electrons. The van der Waals surface area contributed by atoms with Crippen LogP contribution in [0.4, 0.5) is 0 Å².